The van der Waals surface area contributed by atoms with E-state index < -0.39 is 0 Å². The first kappa shape index (κ1) is 7.14. The second kappa shape index (κ2) is 3.18. The van der Waals surface area contributed by atoms with Crippen molar-refractivity contribution in [1.29, 1.82) is 5.53 Å². The summed E-state index contributed by atoms with van der Waals surface area (Å²) in [5, 5.41) is 0. The molecule has 3 heteroatoms. The van der Waals surface area contributed by atoms with Crippen molar-refractivity contribution in [2.45, 2.75) is 6.92 Å². The van der Waals surface area contributed by atoms with Crippen molar-refractivity contribution in [3.8, 4) is 0 Å². The first-order valence-electron chi connectivity index (χ1n) is 2.33. The normalized spacial score (nSPS) is 11.1. The summed E-state index contributed by atoms with van der Waals surface area (Å²) in [4.78, 5) is 0. The molecular formula is C5H11N2O+. The van der Waals surface area contributed by atoms with E-state index in [1.807, 2.05) is 0 Å². The maximum Gasteiger partial charge on any atom is 0.232 e. The van der Waals surface area contributed by atoms with Crippen LogP contribution in [0.4, 0.5) is 0 Å². The Morgan fingerprint density at radius 3 is 2.38 bits per heavy atom. The van der Waals surface area contributed by atoms with Crippen LogP contribution in [-0.4, -0.2) is 18.9 Å². The molecule has 46 valence electrons. The number of nitrogens with zero attached hydrogens (tertiary/aromatic N) is 1. The van der Waals surface area contributed by atoms with Gasteiger partial charge < -0.3 is 4.74 Å². The summed E-state index contributed by atoms with van der Waals surface area (Å²) in [6.45, 7) is 1.80. The van der Waals surface area contributed by atoms with Gasteiger partial charge in [0.25, 0.3) is 0 Å². The van der Waals surface area contributed by atoms with Crippen molar-refractivity contribution in [2.24, 2.45) is 0 Å². The van der Waals surface area contributed by atoms with Gasteiger partial charge in [0.2, 0.25) is 6.20 Å². The van der Waals surface area contributed by atoms with Crippen LogP contribution < -0.4 is 0 Å². The Morgan fingerprint density at radius 2 is 2.25 bits per heavy atom. The van der Waals surface area contributed by atoms with Gasteiger partial charge in [-0.05, 0) is 6.92 Å². The summed E-state index contributed by atoms with van der Waals surface area (Å²) in [5.41, 5.74) is 6.89. The van der Waals surface area contributed by atoms with Gasteiger partial charge in [-0.2, -0.15) is 0 Å². The molecule has 0 rings (SSSR count). The van der Waals surface area contributed by atoms with Gasteiger partial charge in [-0.1, -0.05) is 10.2 Å². The van der Waals surface area contributed by atoms with Gasteiger partial charge in [-0.3, -0.25) is 0 Å². The number of allylic oxidation sites excluding steroid dienone is 1. The molecule has 0 saturated heterocycles. The Balaban J connectivity index is 3.75. The third-order valence-electron chi connectivity index (χ3n) is 0.697. The lowest BCUT2D eigenvalue weighted by Crippen LogP contribution is -1.90. The molecule has 0 radical (unpaired) electrons. The molecular weight excluding hydrogens is 104 g/mol. The van der Waals surface area contributed by atoms with Gasteiger partial charge in [-0.15, -0.1) is 0 Å². The van der Waals surface area contributed by atoms with E-state index in [-0.39, 0.29) is 0 Å². The minimum absolute atomic E-state index is 0.738. The second-order valence-electron chi connectivity index (χ2n) is 1.55. The van der Waals surface area contributed by atoms with Crippen LogP contribution in [0.25, 0.3) is 0 Å². The van der Waals surface area contributed by atoms with Crippen molar-refractivity contribution in [3.05, 3.63) is 12.0 Å². The number of hydrogen-bond acceptors (Lipinski definition) is 2. The van der Waals surface area contributed by atoms with E-state index in [4.69, 9.17) is 10.3 Å². The van der Waals surface area contributed by atoms with Gasteiger partial charge >= 0.3 is 0 Å². The Morgan fingerprint density at radius 1 is 1.75 bits per heavy atom. The van der Waals surface area contributed by atoms with Gasteiger partial charge in [0.15, 0.2) is 12.8 Å². The molecule has 0 spiro atoms. The summed E-state index contributed by atoms with van der Waals surface area (Å²) in [6.07, 6.45) is 1.58. The van der Waals surface area contributed by atoms with Crippen molar-refractivity contribution in [1.82, 2.24) is 0 Å². The van der Waals surface area contributed by atoms with E-state index in [9.17, 15) is 0 Å². The monoisotopic (exact) mass is 115 g/mol. The first-order valence-corrected chi connectivity index (χ1v) is 2.33. The molecule has 0 fully saturated rings. The zero-order valence-corrected chi connectivity index (χ0v) is 5.43. The first-order chi connectivity index (χ1) is 3.66. The van der Waals surface area contributed by atoms with Gasteiger partial charge in [0.05, 0.1) is 7.11 Å². The second-order valence-corrected chi connectivity index (χ2v) is 1.55. The number of nitrogens with one attached hydrogen (secondary N) is 1. The lowest BCUT2D eigenvalue weighted by atomic mass is 10.6. The average Bonchev–Trinajstić information content (AvgIpc) is 1.65. The smallest absolute Gasteiger partial charge is 0.232 e. The lowest BCUT2D eigenvalue weighted by molar-refractivity contribution is -0.522. The molecule has 3 nitrogen and oxygen atoms in total. The Kier molecular flexibility index (Phi) is 2.84. The van der Waals surface area contributed by atoms with E-state index >= 15 is 0 Å². The molecule has 0 aromatic rings. The summed E-state index contributed by atoms with van der Waals surface area (Å²) < 4.78 is 5.95. The van der Waals surface area contributed by atoms with Gasteiger partial charge in [-0.25, -0.2) is 0 Å². The van der Waals surface area contributed by atoms with Crippen molar-refractivity contribution < 1.29 is 9.43 Å². The van der Waals surface area contributed by atoms with E-state index in [0.717, 1.165) is 5.76 Å². The summed E-state index contributed by atoms with van der Waals surface area (Å²) in [7, 11) is 3.21. The summed E-state index contributed by atoms with van der Waals surface area (Å²) in [6, 6.07) is 0. The number of methoxy groups -OCH3 is 1. The highest BCUT2D eigenvalue weighted by Crippen LogP contribution is 1.89. The quantitative estimate of drug-likeness (QED) is 0.327. The van der Waals surface area contributed by atoms with Crippen LogP contribution in [0.2, 0.25) is 0 Å². The van der Waals surface area contributed by atoms with Crippen LogP contribution in [0.1, 0.15) is 6.92 Å². The zero-order chi connectivity index (χ0) is 6.57. The summed E-state index contributed by atoms with van der Waals surface area (Å²) >= 11 is 0. The number of hydrogen-bond donors (Lipinski definition) is 1. The molecule has 0 atom stereocenters. The minimum Gasteiger partial charge on any atom is -0.495 e. The van der Waals surface area contributed by atoms with Gasteiger partial charge in [0.1, 0.15) is 0 Å². The average molecular weight is 115 g/mol. The van der Waals surface area contributed by atoms with Gasteiger partial charge in [0, 0.05) is 0 Å². The maximum atomic E-state index is 6.89. The minimum atomic E-state index is 0.738. The fourth-order valence-corrected chi connectivity index (χ4v) is 0.325. The number of rotatable bonds is 2. The Labute approximate surface area is 49.1 Å². The van der Waals surface area contributed by atoms with Crippen LogP contribution in [0.3, 0.4) is 0 Å². The van der Waals surface area contributed by atoms with Crippen LogP contribution in [0.15, 0.2) is 12.0 Å². The molecule has 0 amide bonds. The number of ether oxygens (including phenoxy) is 1. The highest BCUT2D eigenvalue weighted by molar-refractivity contribution is 4.77. The molecule has 0 aromatic carbocycles. The predicted octanol–water partition coefficient (Wildman–Crippen LogP) is 1.17. The topological polar surface area (TPSA) is 36.1 Å². The maximum absolute atomic E-state index is 6.89. The molecule has 8 heavy (non-hydrogen) atoms. The van der Waals surface area contributed by atoms with E-state index in [1.165, 1.54) is 4.70 Å². The molecule has 0 aromatic heterocycles. The molecule has 0 bridgehead atoms. The molecule has 0 saturated carbocycles. The van der Waals surface area contributed by atoms with E-state index in [0.29, 0.717) is 0 Å². The highest BCUT2D eigenvalue weighted by atomic mass is 16.5. The fraction of sp³-hybridized carbons (Fsp3) is 0.600. The summed E-state index contributed by atoms with van der Waals surface area (Å²) in [5.74, 6) is 0.738. The third kappa shape index (κ3) is 3.33. The molecule has 0 aliphatic rings. The van der Waals surface area contributed by atoms with Crippen molar-refractivity contribution in [2.75, 3.05) is 14.2 Å². The van der Waals surface area contributed by atoms with Crippen LogP contribution in [-0.2, 0) is 4.74 Å². The van der Waals surface area contributed by atoms with Crippen LogP contribution in [0, 0.1) is 5.53 Å². The molecule has 0 aliphatic carbocycles. The largest absolute Gasteiger partial charge is 0.495 e. The molecule has 1 N–H and O–H groups in total. The SMILES string of the molecule is CO/C(C)=C/[N+](C)=N. The standard InChI is InChI=1S/C5H11N2O/c1-5(8-3)4-7(2)6/h4,6H,1-3H3/q+1/b5-4+,7-6?. The zero-order valence-electron chi connectivity index (χ0n) is 5.43. The van der Waals surface area contributed by atoms with Crippen molar-refractivity contribution >= 4 is 0 Å². The third-order valence-corrected chi connectivity index (χ3v) is 0.697. The Bertz CT molecular complexity index is 118. The van der Waals surface area contributed by atoms with E-state index in [2.05, 4.69) is 0 Å². The fourth-order valence-electron chi connectivity index (χ4n) is 0.325. The van der Waals surface area contributed by atoms with E-state index in [1.54, 1.807) is 27.3 Å². The predicted molar refractivity (Wildman–Crippen MR) is 29.7 cm³/mol. The lowest BCUT2D eigenvalue weighted by Gasteiger charge is -1.90. The van der Waals surface area contributed by atoms with Crippen molar-refractivity contribution in [3.63, 3.8) is 0 Å². The molecule has 0 unspecified atom stereocenters. The molecule has 0 heterocycles. The van der Waals surface area contributed by atoms with Crippen LogP contribution >= 0.6 is 0 Å². The Hall–Kier alpha value is -0.860. The van der Waals surface area contributed by atoms with Crippen LogP contribution in [0.5, 0.6) is 0 Å². The molecule has 0 aliphatic heterocycles. The highest BCUT2D eigenvalue weighted by Gasteiger charge is 1.89.